The Kier molecular flexibility index (Phi) is 2.78. The molecule has 0 saturated heterocycles. The van der Waals surface area contributed by atoms with E-state index in [0.717, 1.165) is 16.7 Å². The van der Waals surface area contributed by atoms with E-state index in [1.54, 1.807) is 0 Å². The van der Waals surface area contributed by atoms with Crippen molar-refractivity contribution in [1.29, 1.82) is 0 Å². The van der Waals surface area contributed by atoms with Gasteiger partial charge in [0.1, 0.15) is 5.52 Å². The fourth-order valence-corrected chi connectivity index (χ4v) is 2.38. The molecule has 1 heterocycles. The number of rotatable bonds is 1. The number of nitrogen functional groups attached to an aromatic ring is 1. The summed E-state index contributed by atoms with van der Waals surface area (Å²) in [5.41, 5.74) is 10.3. The Morgan fingerprint density at radius 1 is 1.05 bits per heavy atom. The lowest BCUT2D eigenvalue weighted by Crippen LogP contribution is -2.12. The van der Waals surface area contributed by atoms with E-state index in [1.807, 2.05) is 30.3 Å². The van der Waals surface area contributed by atoms with Crippen LogP contribution in [0.3, 0.4) is 0 Å². The van der Waals surface area contributed by atoms with Crippen LogP contribution in [0.5, 0.6) is 0 Å². The zero-order valence-electron chi connectivity index (χ0n) is 12.0. The molecular formula is C17H18N2O. The van der Waals surface area contributed by atoms with E-state index in [1.165, 1.54) is 5.56 Å². The molecule has 0 bridgehead atoms. The molecule has 2 aromatic carbocycles. The van der Waals surface area contributed by atoms with Crippen molar-refractivity contribution in [2.24, 2.45) is 0 Å². The van der Waals surface area contributed by atoms with Crippen LogP contribution in [-0.2, 0) is 5.41 Å². The fraction of sp³-hybridized carbons (Fsp3) is 0.235. The van der Waals surface area contributed by atoms with Gasteiger partial charge in [-0.05, 0) is 35.2 Å². The van der Waals surface area contributed by atoms with Gasteiger partial charge in [0.15, 0.2) is 5.58 Å². The first-order valence-electron chi connectivity index (χ1n) is 6.71. The lowest BCUT2D eigenvalue weighted by Gasteiger charge is -2.21. The molecule has 0 unspecified atom stereocenters. The van der Waals surface area contributed by atoms with Crippen LogP contribution in [-0.4, -0.2) is 4.98 Å². The Morgan fingerprint density at radius 2 is 1.80 bits per heavy atom. The van der Waals surface area contributed by atoms with Gasteiger partial charge in [-0.1, -0.05) is 39.0 Å². The van der Waals surface area contributed by atoms with Gasteiger partial charge in [0.2, 0.25) is 5.89 Å². The largest absolute Gasteiger partial charge is 0.436 e. The predicted octanol–water partition coefficient (Wildman–Crippen LogP) is 4.37. The number of benzene rings is 2. The van der Waals surface area contributed by atoms with Crippen LogP contribution in [0.15, 0.2) is 46.9 Å². The van der Waals surface area contributed by atoms with Crippen molar-refractivity contribution < 1.29 is 4.42 Å². The van der Waals surface area contributed by atoms with Gasteiger partial charge in [-0.15, -0.1) is 0 Å². The van der Waals surface area contributed by atoms with Gasteiger partial charge in [0.25, 0.3) is 0 Å². The second-order valence-electron chi connectivity index (χ2n) is 6.04. The van der Waals surface area contributed by atoms with E-state index >= 15 is 0 Å². The van der Waals surface area contributed by atoms with Crippen LogP contribution in [0.1, 0.15) is 26.3 Å². The standard InChI is InChI=1S/C17H18N2O/c1-17(2,3)13-7-5-4-6-12(13)16-19-14-10-11(18)8-9-15(14)20-16/h4-10H,18H2,1-3H3. The van der Waals surface area contributed by atoms with Crippen LogP contribution < -0.4 is 5.73 Å². The molecular weight excluding hydrogens is 248 g/mol. The normalized spacial score (nSPS) is 11.9. The summed E-state index contributed by atoms with van der Waals surface area (Å²) in [6.45, 7) is 6.56. The van der Waals surface area contributed by atoms with E-state index in [4.69, 9.17) is 10.2 Å². The summed E-state index contributed by atoms with van der Waals surface area (Å²) in [6.07, 6.45) is 0. The smallest absolute Gasteiger partial charge is 0.227 e. The van der Waals surface area contributed by atoms with Gasteiger partial charge in [-0.2, -0.15) is 0 Å². The van der Waals surface area contributed by atoms with Crippen molar-refractivity contribution in [2.45, 2.75) is 26.2 Å². The van der Waals surface area contributed by atoms with Crippen molar-refractivity contribution in [3.05, 3.63) is 48.0 Å². The molecule has 0 saturated carbocycles. The van der Waals surface area contributed by atoms with E-state index < -0.39 is 0 Å². The average Bonchev–Trinajstić information content (AvgIpc) is 2.80. The highest BCUT2D eigenvalue weighted by Gasteiger charge is 2.21. The van der Waals surface area contributed by atoms with Gasteiger partial charge in [0, 0.05) is 11.3 Å². The first kappa shape index (κ1) is 12.7. The summed E-state index contributed by atoms with van der Waals surface area (Å²) in [6, 6.07) is 13.8. The Hall–Kier alpha value is -2.29. The lowest BCUT2D eigenvalue weighted by molar-refractivity contribution is 0.579. The molecule has 0 aliphatic rings. The molecule has 3 aromatic rings. The Morgan fingerprint density at radius 3 is 2.55 bits per heavy atom. The van der Waals surface area contributed by atoms with Crippen LogP contribution in [0, 0.1) is 0 Å². The molecule has 0 spiro atoms. The molecule has 2 N–H and O–H groups in total. The number of aromatic nitrogens is 1. The molecule has 0 amide bonds. The molecule has 0 radical (unpaired) electrons. The molecule has 3 heteroatoms. The summed E-state index contributed by atoms with van der Waals surface area (Å²) in [4.78, 5) is 4.57. The maximum absolute atomic E-state index is 5.88. The summed E-state index contributed by atoms with van der Waals surface area (Å²) in [5, 5.41) is 0. The van der Waals surface area contributed by atoms with Crippen LogP contribution in [0.2, 0.25) is 0 Å². The zero-order chi connectivity index (χ0) is 14.3. The van der Waals surface area contributed by atoms with Crippen molar-refractivity contribution in [3.8, 4) is 11.5 Å². The number of oxazole rings is 1. The minimum Gasteiger partial charge on any atom is -0.436 e. The minimum absolute atomic E-state index is 0.0380. The third-order valence-corrected chi connectivity index (χ3v) is 3.38. The molecule has 0 fully saturated rings. The molecule has 0 aliphatic carbocycles. The summed E-state index contributed by atoms with van der Waals surface area (Å²) < 4.78 is 5.88. The number of fused-ring (bicyclic) bond motifs is 1. The lowest BCUT2D eigenvalue weighted by atomic mass is 9.84. The Balaban J connectivity index is 2.21. The van der Waals surface area contributed by atoms with Crippen molar-refractivity contribution in [3.63, 3.8) is 0 Å². The van der Waals surface area contributed by atoms with Crippen molar-refractivity contribution in [2.75, 3.05) is 5.73 Å². The number of hydrogen-bond acceptors (Lipinski definition) is 3. The second kappa shape index (κ2) is 4.37. The van der Waals surface area contributed by atoms with E-state index in [-0.39, 0.29) is 5.41 Å². The molecule has 3 nitrogen and oxygen atoms in total. The fourth-order valence-electron chi connectivity index (χ4n) is 2.38. The SMILES string of the molecule is CC(C)(C)c1ccccc1-c1nc2cc(N)ccc2o1. The van der Waals surface area contributed by atoms with E-state index in [2.05, 4.69) is 37.9 Å². The number of nitrogens with zero attached hydrogens (tertiary/aromatic N) is 1. The highest BCUT2D eigenvalue weighted by molar-refractivity contribution is 5.80. The predicted molar refractivity (Wildman–Crippen MR) is 82.6 cm³/mol. The van der Waals surface area contributed by atoms with E-state index in [9.17, 15) is 0 Å². The summed E-state index contributed by atoms with van der Waals surface area (Å²) >= 11 is 0. The second-order valence-corrected chi connectivity index (χ2v) is 6.04. The van der Waals surface area contributed by atoms with Crippen LogP contribution >= 0.6 is 0 Å². The molecule has 102 valence electrons. The maximum Gasteiger partial charge on any atom is 0.227 e. The van der Waals surface area contributed by atoms with Crippen molar-refractivity contribution >= 4 is 16.8 Å². The van der Waals surface area contributed by atoms with Gasteiger partial charge in [-0.25, -0.2) is 4.98 Å². The van der Waals surface area contributed by atoms with Gasteiger partial charge < -0.3 is 10.2 Å². The van der Waals surface area contributed by atoms with Crippen LogP contribution in [0.25, 0.3) is 22.6 Å². The summed E-state index contributed by atoms with van der Waals surface area (Å²) in [7, 11) is 0. The first-order chi connectivity index (χ1) is 9.45. The zero-order valence-corrected chi connectivity index (χ0v) is 12.0. The Bertz CT molecular complexity index is 766. The average molecular weight is 266 g/mol. The van der Waals surface area contributed by atoms with E-state index in [0.29, 0.717) is 11.6 Å². The maximum atomic E-state index is 5.88. The summed E-state index contributed by atoms with van der Waals surface area (Å²) in [5.74, 6) is 0.649. The van der Waals surface area contributed by atoms with Crippen molar-refractivity contribution in [1.82, 2.24) is 4.98 Å². The van der Waals surface area contributed by atoms with Crippen LogP contribution in [0.4, 0.5) is 5.69 Å². The third-order valence-electron chi connectivity index (χ3n) is 3.38. The third kappa shape index (κ3) is 2.16. The molecule has 1 aromatic heterocycles. The van der Waals surface area contributed by atoms with Gasteiger partial charge >= 0.3 is 0 Å². The quantitative estimate of drug-likeness (QED) is 0.665. The topological polar surface area (TPSA) is 52.0 Å². The molecule has 20 heavy (non-hydrogen) atoms. The number of nitrogens with two attached hydrogens (primary N) is 1. The van der Waals surface area contributed by atoms with Gasteiger partial charge in [-0.3, -0.25) is 0 Å². The van der Waals surface area contributed by atoms with Gasteiger partial charge in [0.05, 0.1) is 0 Å². The number of hydrogen-bond donors (Lipinski definition) is 1. The molecule has 0 atom stereocenters. The highest BCUT2D eigenvalue weighted by atomic mass is 16.3. The minimum atomic E-state index is 0.0380. The highest BCUT2D eigenvalue weighted by Crippen LogP contribution is 2.34. The molecule has 0 aliphatic heterocycles. The first-order valence-corrected chi connectivity index (χ1v) is 6.71. The molecule has 3 rings (SSSR count). The number of anilines is 1. The monoisotopic (exact) mass is 266 g/mol. The Labute approximate surface area is 118 Å².